The minimum atomic E-state index is -0.546. The fourth-order valence-corrected chi connectivity index (χ4v) is 3.58. The van der Waals surface area contributed by atoms with Crippen LogP contribution in [0.25, 0.3) is 22.3 Å². The summed E-state index contributed by atoms with van der Waals surface area (Å²) >= 11 is 4.69. The second kappa shape index (κ2) is 10.3. The minimum absolute atomic E-state index is 0.0541. The first-order valence-corrected chi connectivity index (χ1v) is 10.6. The summed E-state index contributed by atoms with van der Waals surface area (Å²) in [7, 11) is 1.54. The molecule has 9 heteroatoms. The lowest BCUT2D eigenvalue weighted by molar-refractivity contribution is -0.117. The van der Waals surface area contributed by atoms with Gasteiger partial charge in [-0.1, -0.05) is 58.0 Å². The molecule has 2 N–H and O–H groups in total. The summed E-state index contributed by atoms with van der Waals surface area (Å²) in [6.07, 6.45) is 0. The molecule has 0 saturated heterocycles. The highest BCUT2D eigenvalue weighted by atomic mass is 79.9. The Kier molecular flexibility index (Phi) is 7.56. The fraction of sp³-hybridized carbons (Fsp3) is 0.200. The third kappa shape index (κ3) is 5.99. The van der Waals surface area contributed by atoms with Gasteiger partial charge in [0.15, 0.2) is 5.82 Å². The van der Waals surface area contributed by atoms with Gasteiger partial charge in [0, 0.05) is 29.1 Å². The van der Waals surface area contributed by atoms with Gasteiger partial charge in [0.1, 0.15) is 5.03 Å². The zero-order chi connectivity index (χ0) is 20.6. The first-order chi connectivity index (χ1) is 14.1. The molecule has 7 nitrogen and oxygen atoms in total. The molecule has 0 fully saturated rings. The molecule has 0 aliphatic heterocycles. The molecule has 3 rings (SSSR count). The van der Waals surface area contributed by atoms with Crippen molar-refractivity contribution in [2.75, 3.05) is 26.0 Å². The number of methoxy groups -OCH3 is 1. The van der Waals surface area contributed by atoms with Crippen molar-refractivity contribution < 1.29 is 14.3 Å². The second-order valence-electron chi connectivity index (χ2n) is 5.96. The van der Waals surface area contributed by atoms with E-state index in [0.29, 0.717) is 24.0 Å². The summed E-state index contributed by atoms with van der Waals surface area (Å²) in [5.41, 5.74) is 1.67. The summed E-state index contributed by atoms with van der Waals surface area (Å²) in [6.45, 7) is 0.706. The zero-order valence-corrected chi connectivity index (χ0v) is 18.0. The van der Waals surface area contributed by atoms with E-state index in [2.05, 4.69) is 36.5 Å². The quantitative estimate of drug-likeness (QED) is 0.308. The number of halogens is 1. The van der Waals surface area contributed by atoms with Crippen LogP contribution in [-0.2, 0) is 9.53 Å². The summed E-state index contributed by atoms with van der Waals surface area (Å²) in [5.74, 6) is 0.229. The molecule has 0 bridgehead atoms. The van der Waals surface area contributed by atoms with Gasteiger partial charge in [0.05, 0.1) is 17.9 Å². The van der Waals surface area contributed by atoms with E-state index < -0.39 is 11.9 Å². The largest absolute Gasteiger partial charge is 0.383 e. The Morgan fingerprint density at radius 2 is 1.86 bits per heavy atom. The SMILES string of the molecule is COCCNC(=O)NC(=O)CSc1nc(-c2ccc(Br)cc2)nc2ccccc12. The Bertz CT molecular complexity index is 1010. The average Bonchev–Trinajstić information content (AvgIpc) is 2.72. The first-order valence-electron chi connectivity index (χ1n) is 8.79. The topological polar surface area (TPSA) is 93.2 Å². The molecule has 2 aromatic carbocycles. The van der Waals surface area contributed by atoms with Crippen molar-refractivity contribution in [2.45, 2.75) is 5.03 Å². The molecule has 0 aliphatic rings. The number of aromatic nitrogens is 2. The molecular formula is C20H19BrN4O3S. The third-order valence-electron chi connectivity index (χ3n) is 3.86. The Labute approximate surface area is 180 Å². The van der Waals surface area contributed by atoms with Crippen molar-refractivity contribution in [3.05, 3.63) is 53.0 Å². The molecule has 29 heavy (non-hydrogen) atoms. The fourth-order valence-electron chi connectivity index (χ4n) is 2.49. The smallest absolute Gasteiger partial charge is 0.321 e. The van der Waals surface area contributed by atoms with E-state index in [4.69, 9.17) is 4.74 Å². The van der Waals surface area contributed by atoms with Crippen molar-refractivity contribution >= 4 is 50.5 Å². The van der Waals surface area contributed by atoms with Gasteiger partial charge >= 0.3 is 6.03 Å². The van der Waals surface area contributed by atoms with Crippen LogP contribution in [-0.4, -0.2) is 47.9 Å². The summed E-state index contributed by atoms with van der Waals surface area (Å²) < 4.78 is 5.82. The predicted molar refractivity (Wildman–Crippen MR) is 117 cm³/mol. The number of ether oxygens (including phenoxy) is 1. The van der Waals surface area contributed by atoms with Gasteiger partial charge in [-0.3, -0.25) is 10.1 Å². The molecule has 0 atom stereocenters. The third-order valence-corrected chi connectivity index (χ3v) is 5.38. The molecule has 0 saturated carbocycles. The number of thioether (sulfide) groups is 1. The maximum atomic E-state index is 12.1. The Morgan fingerprint density at radius 3 is 2.62 bits per heavy atom. The van der Waals surface area contributed by atoms with Crippen LogP contribution in [0.4, 0.5) is 4.79 Å². The number of nitrogens with zero attached hydrogens (tertiary/aromatic N) is 2. The number of carbonyl (C=O) groups is 2. The summed E-state index contributed by atoms with van der Waals surface area (Å²) in [4.78, 5) is 33.1. The number of amides is 3. The first kappa shape index (κ1) is 21.2. The van der Waals surface area contributed by atoms with Crippen LogP contribution < -0.4 is 10.6 Å². The standard InChI is InChI=1S/C20H19BrN4O3S/c1-28-11-10-22-20(27)24-17(26)12-29-19-15-4-2-3-5-16(15)23-18(25-19)13-6-8-14(21)9-7-13/h2-9H,10-12H2,1H3,(H2,22,24,26,27). The van der Waals surface area contributed by atoms with Crippen molar-refractivity contribution in [3.63, 3.8) is 0 Å². The van der Waals surface area contributed by atoms with E-state index in [0.717, 1.165) is 20.9 Å². The number of nitrogens with one attached hydrogen (secondary N) is 2. The molecule has 1 aromatic heterocycles. The maximum Gasteiger partial charge on any atom is 0.321 e. The molecular weight excluding hydrogens is 456 g/mol. The number of benzene rings is 2. The number of para-hydroxylation sites is 1. The van der Waals surface area contributed by atoms with E-state index in [1.807, 2.05) is 48.5 Å². The Balaban J connectivity index is 1.75. The highest BCUT2D eigenvalue weighted by Crippen LogP contribution is 2.28. The van der Waals surface area contributed by atoms with E-state index in [1.54, 1.807) is 0 Å². The number of urea groups is 1. The van der Waals surface area contributed by atoms with Crippen LogP contribution in [0.3, 0.4) is 0 Å². The van der Waals surface area contributed by atoms with Gasteiger partial charge in [-0.05, 0) is 18.2 Å². The summed E-state index contributed by atoms with van der Waals surface area (Å²) in [6, 6.07) is 14.8. The molecule has 3 aromatic rings. The van der Waals surface area contributed by atoms with E-state index in [9.17, 15) is 9.59 Å². The van der Waals surface area contributed by atoms with Gasteiger partial charge in [-0.25, -0.2) is 14.8 Å². The Morgan fingerprint density at radius 1 is 1.10 bits per heavy atom. The number of imide groups is 1. The number of hydrogen-bond donors (Lipinski definition) is 2. The number of rotatable bonds is 7. The monoisotopic (exact) mass is 474 g/mol. The molecule has 1 heterocycles. The van der Waals surface area contributed by atoms with Gasteiger partial charge in [0.25, 0.3) is 0 Å². The number of fused-ring (bicyclic) bond motifs is 1. The van der Waals surface area contributed by atoms with Crippen LogP contribution in [0.15, 0.2) is 58.0 Å². The molecule has 3 amide bonds. The van der Waals surface area contributed by atoms with Crippen LogP contribution >= 0.6 is 27.7 Å². The van der Waals surface area contributed by atoms with Crippen molar-refractivity contribution in [2.24, 2.45) is 0 Å². The highest BCUT2D eigenvalue weighted by Gasteiger charge is 2.13. The molecule has 0 aliphatic carbocycles. The van der Waals surface area contributed by atoms with Crippen LogP contribution in [0, 0.1) is 0 Å². The second-order valence-corrected chi connectivity index (χ2v) is 7.84. The Hall–Kier alpha value is -2.49. The van der Waals surface area contributed by atoms with Gasteiger partial charge in [0.2, 0.25) is 5.91 Å². The minimum Gasteiger partial charge on any atom is -0.383 e. The highest BCUT2D eigenvalue weighted by molar-refractivity contribution is 9.10. The molecule has 0 radical (unpaired) electrons. The lowest BCUT2D eigenvalue weighted by Gasteiger charge is -2.09. The molecule has 0 spiro atoms. The van der Waals surface area contributed by atoms with Gasteiger partial charge in [-0.15, -0.1) is 0 Å². The van der Waals surface area contributed by atoms with E-state index in [-0.39, 0.29) is 5.75 Å². The zero-order valence-electron chi connectivity index (χ0n) is 15.6. The normalized spacial score (nSPS) is 10.7. The molecule has 150 valence electrons. The lowest BCUT2D eigenvalue weighted by Crippen LogP contribution is -2.41. The van der Waals surface area contributed by atoms with Crippen molar-refractivity contribution in [3.8, 4) is 11.4 Å². The van der Waals surface area contributed by atoms with Gasteiger partial charge in [-0.2, -0.15) is 0 Å². The van der Waals surface area contributed by atoms with Crippen LogP contribution in [0.1, 0.15) is 0 Å². The van der Waals surface area contributed by atoms with Gasteiger partial charge < -0.3 is 10.1 Å². The number of carbonyl (C=O) groups excluding carboxylic acids is 2. The van der Waals surface area contributed by atoms with E-state index in [1.165, 1.54) is 18.9 Å². The summed E-state index contributed by atoms with van der Waals surface area (Å²) in [5, 5.41) is 6.38. The number of hydrogen-bond acceptors (Lipinski definition) is 6. The van der Waals surface area contributed by atoms with E-state index >= 15 is 0 Å². The molecule has 0 unspecified atom stereocenters. The predicted octanol–water partition coefficient (Wildman–Crippen LogP) is 3.62. The van der Waals surface area contributed by atoms with Crippen molar-refractivity contribution in [1.82, 2.24) is 20.6 Å². The van der Waals surface area contributed by atoms with Crippen LogP contribution in [0.5, 0.6) is 0 Å². The van der Waals surface area contributed by atoms with Crippen molar-refractivity contribution in [1.29, 1.82) is 0 Å². The average molecular weight is 475 g/mol. The maximum absolute atomic E-state index is 12.1. The van der Waals surface area contributed by atoms with Crippen LogP contribution in [0.2, 0.25) is 0 Å². The lowest BCUT2D eigenvalue weighted by atomic mass is 10.2.